The summed E-state index contributed by atoms with van der Waals surface area (Å²) in [5.41, 5.74) is 1.72. The standard InChI is InChI=1S/C21H22ClN3O3/c1-28-18-8-6-17(7-9-18)25-20(26)14-19(21(25)27)24-12-10-23(11-13-24)16-4-2-15(22)3-5-16/h2-9,19H,10-14H2,1H3/t19-/m1/s1. The number of hydrogen-bond donors (Lipinski definition) is 0. The molecule has 1 atom stereocenters. The highest BCUT2D eigenvalue weighted by atomic mass is 35.5. The molecule has 2 aliphatic heterocycles. The highest BCUT2D eigenvalue weighted by Gasteiger charge is 2.43. The predicted molar refractivity (Wildman–Crippen MR) is 109 cm³/mol. The number of hydrogen-bond acceptors (Lipinski definition) is 5. The minimum absolute atomic E-state index is 0.143. The zero-order valence-corrected chi connectivity index (χ0v) is 16.4. The number of rotatable bonds is 4. The van der Waals surface area contributed by atoms with Crippen molar-refractivity contribution < 1.29 is 14.3 Å². The Balaban J connectivity index is 1.42. The lowest BCUT2D eigenvalue weighted by molar-refractivity contribution is -0.123. The Morgan fingerprint density at radius 2 is 1.50 bits per heavy atom. The van der Waals surface area contributed by atoms with E-state index in [2.05, 4.69) is 9.80 Å². The average molecular weight is 400 g/mol. The van der Waals surface area contributed by atoms with Crippen LogP contribution in [-0.2, 0) is 9.59 Å². The monoisotopic (exact) mass is 399 g/mol. The van der Waals surface area contributed by atoms with E-state index < -0.39 is 0 Å². The molecule has 0 saturated carbocycles. The molecule has 0 aromatic heterocycles. The van der Waals surface area contributed by atoms with E-state index in [1.54, 1.807) is 31.4 Å². The molecular formula is C21H22ClN3O3. The van der Waals surface area contributed by atoms with Crippen molar-refractivity contribution in [1.29, 1.82) is 0 Å². The fraction of sp³-hybridized carbons (Fsp3) is 0.333. The van der Waals surface area contributed by atoms with E-state index in [0.29, 0.717) is 11.4 Å². The van der Waals surface area contributed by atoms with Crippen LogP contribution in [0.15, 0.2) is 48.5 Å². The zero-order chi connectivity index (χ0) is 19.7. The van der Waals surface area contributed by atoms with Crippen LogP contribution in [-0.4, -0.2) is 56.0 Å². The topological polar surface area (TPSA) is 53.1 Å². The Bertz CT molecular complexity index is 861. The van der Waals surface area contributed by atoms with Crippen LogP contribution in [0.5, 0.6) is 5.75 Å². The molecule has 146 valence electrons. The number of nitrogens with zero attached hydrogens (tertiary/aromatic N) is 3. The molecule has 0 aliphatic carbocycles. The minimum Gasteiger partial charge on any atom is -0.497 e. The minimum atomic E-state index is -0.387. The molecule has 0 unspecified atom stereocenters. The Morgan fingerprint density at radius 1 is 0.893 bits per heavy atom. The first-order chi connectivity index (χ1) is 13.6. The molecule has 2 fully saturated rings. The Kier molecular flexibility index (Phi) is 5.24. The molecule has 0 spiro atoms. The number of carbonyl (C=O) groups excluding carboxylic acids is 2. The molecule has 2 aromatic carbocycles. The highest BCUT2D eigenvalue weighted by Crippen LogP contribution is 2.28. The van der Waals surface area contributed by atoms with Crippen molar-refractivity contribution >= 4 is 34.8 Å². The van der Waals surface area contributed by atoms with E-state index >= 15 is 0 Å². The molecule has 4 rings (SSSR count). The molecule has 0 radical (unpaired) electrons. The first-order valence-corrected chi connectivity index (χ1v) is 9.70. The third-order valence-corrected chi connectivity index (χ3v) is 5.65. The number of amides is 2. The molecule has 2 amide bonds. The van der Waals surface area contributed by atoms with Gasteiger partial charge < -0.3 is 9.64 Å². The molecule has 2 aromatic rings. The number of ether oxygens (including phenoxy) is 1. The summed E-state index contributed by atoms with van der Waals surface area (Å²) >= 11 is 5.96. The Hall–Kier alpha value is -2.57. The van der Waals surface area contributed by atoms with Gasteiger partial charge in [0, 0.05) is 36.9 Å². The van der Waals surface area contributed by atoms with Gasteiger partial charge in [-0.2, -0.15) is 0 Å². The smallest absolute Gasteiger partial charge is 0.251 e. The van der Waals surface area contributed by atoms with Crippen LogP contribution in [0.4, 0.5) is 11.4 Å². The number of piperazine rings is 1. The van der Waals surface area contributed by atoms with Gasteiger partial charge in [0.05, 0.1) is 25.3 Å². The maximum Gasteiger partial charge on any atom is 0.251 e. The molecule has 2 saturated heterocycles. The van der Waals surface area contributed by atoms with Crippen molar-refractivity contribution in [2.45, 2.75) is 12.5 Å². The fourth-order valence-electron chi connectivity index (χ4n) is 3.85. The number of methoxy groups -OCH3 is 1. The van der Waals surface area contributed by atoms with E-state index in [4.69, 9.17) is 16.3 Å². The normalized spacial score (nSPS) is 20.7. The molecule has 6 nitrogen and oxygen atoms in total. The van der Waals surface area contributed by atoms with E-state index in [1.165, 1.54) is 4.90 Å². The lowest BCUT2D eigenvalue weighted by Crippen LogP contribution is -2.52. The molecule has 28 heavy (non-hydrogen) atoms. The van der Waals surface area contributed by atoms with Gasteiger partial charge in [-0.1, -0.05) is 11.6 Å². The second-order valence-corrected chi connectivity index (χ2v) is 7.42. The Morgan fingerprint density at radius 3 is 2.11 bits per heavy atom. The lowest BCUT2D eigenvalue weighted by atomic mass is 10.1. The van der Waals surface area contributed by atoms with Crippen molar-refractivity contribution in [2.24, 2.45) is 0 Å². The van der Waals surface area contributed by atoms with Crippen molar-refractivity contribution in [3.63, 3.8) is 0 Å². The van der Waals surface area contributed by atoms with Crippen molar-refractivity contribution in [1.82, 2.24) is 4.90 Å². The van der Waals surface area contributed by atoms with Crippen molar-refractivity contribution in [2.75, 3.05) is 43.1 Å². The molecule has 0 N–H and O–H groups in total. The van der Waals surface area contributed by atoms with Gasteiger partial charge in [-0.3, -0.25) is 14.5 Å². The van der Waals surface area contributed by atoms with Gasteiger partial charge >= 0.3 is 0 Å². The molecule has 2 heterocycles. The van der Waals surface area contributed by atoms with Crippen LogP contribution in [0.3, 0.4) is 0 Å². The quantitative estimate of drug-likeness (QED) is 0.740. The number of halogens is 1. The van der Waals surface area contributed by atoms with Gasteiger partial charge in [-0.05, 0) is 48.5 Å². The average Bonchev–Trinajstić information content (AvgIpc) is 3.03. The summed E-state index contributed by atoms with van der Waals surface area (Å²) in [6.07, 6.45) is 0.228. The van der Waals surface area contributed by atoms with Gasteiger partial charge in [-0.25, -0.2) is 4.90 Å². The second kappa shape index (κ2) is 7.81. The number of anilines is 2. The van der Waals surface area contributed by atoms with Crippen molar-refractivity contribution in [3.05, 3.63) is 53.6 Å². The first-order valence-electron chi connectivity index (χ1n) is 9.32. The molecule has 2 aliphatic rings. The van der Waals surface area contributed by atoms with Crippen LogP contribution in [0.2, 0.25) is 5.02 Å². The van der Waals surface area contributed by atoms with Gasteiger partial charge in [0.15, 0.2) is 0 Å². The molecule has 7 heteroatoms. The second-order valence-electron chi connectivity index (χ2n) is 6.98. The summed E-state index contributed by atoms with van der Waals surface area (Å²) in [5.74, 6) is 0.396. The SMILES string of the molecule is COc1ccc(N2C(=O)C[C@@H](N3CCN(c4ccc(Cl)cc4)CC3)C2=O)cc1. The summed E-state index contributed by atoms with van der Waals surface area (Å²) in [6, 6.07) is 14.4. The zero-order valence-electron chi connectivity index (χ0n) is 15.7. The van der Waals surface area contributed by atoms with Gasteiger partial charge in [0.1, 0.15) is 5.75 Å². The molecular weight excluding hydrogens is 378 g/mol. The summed E-state index contributed by atoms with van der Waals surface area (Å²) in [4.78, 5) is 31.2. The number of imide groups is 1. The maximum absolute atomic E-state index is 13.0. The van der Waals surface area contributed by atoms with E-state index in [0.717, 1.165) is 36.9 Å². The van der Waals surface area contributed by atoms with Crippen LogP contribution in [0, 0.1) is 0 Å². The third-order valence-electron chi connectivity index (χ3n) is 5.40. The molecule has 0 bridgehead atoms. The summed E-state index contributed by atoms with van der Waals surface area (Å²) in [5, 5.41) is 0.719. The van der Waals surface area contributed by atoms with E-state index in [-0.39, 0.29) is 24.3 Å². The Labute approximate surface area is 169 Å². The summed E-state index contributed by atoms with van der Waals surface area (Å²) in [7, 11) is 1.58. The van der Waals surface area contributed by atoms with Gasteiger partial charge in [-0.15, -0.1) is 0 Å². The van der Waals surface area contributed by atoms with Gasteiger partial charge in [0.25, 0.3) is 5.91 Å². The number of carbonyl (C=O) groups is 2. The van der Waals surface area contributed by atoms with Crippen molar-refractivity contribution in [3.8, 4) is 5.75 Å². The fourth-order valence-corrected chi connectivity index (χ4v) is 3.97. The van der Waals surface area contributed by atoms with Crippen LogP contribution in [0.1, 0.15) is 6.42 Å². The maximum atomic E-state index is 13.0. The number of benzene rings is 2. The van der Waals surface area contributed by atoms with Crippen LogP contribution in [0.25, 0.3) is 0 Å². The summed E-state index contributed by atoms with van der Waals surface area (Å²) in [6.45, 7) is 3.09. The third kappa shape index (κ3) is 3.57. The van der Waals surface area contributed by atoms with E-state index in [9.17, 15) is 9.59 Å². The predicted octanol–water partition coefficient (Wildman–Crippen LogP) is 2.80. The van der Waals surface area contributed by atoms with Crippen LogP contribution < -0.4 is 14.5 Å². The van der Waals surface area contributed by atoms with Gasteiger partial charge in [0.2, 0.25) is 5.91 Å². The highest BCUT2D eigenvalue weighted by molar-refractivity contribution is 6.30. The summed E-state index contributed by atoms with van der Waals surface area (Å²) < 4.78 is 5.15. The van der Waals surface area contributed by atoms with Crippen LogP contribution >= 0.6 is 11.6 Å². The lowest BCUT2D eigenvalue weighted by Gasteiger charge is -2.38. The van der Waals surface area contributed by atoms with E-state index in [1.807, 2.05) is 24.3 Å². The largest absolute Gasteiger partial charge is 0.497 e. The first kappa shape index (κ1) is 18.8.